The zero-order valence-corrected chi connectivity index (χ0v) is 11.3. The van der Waals surface area contributed by atoms with Gasteiger partial charge in [0, 0.05) is 22.3 Å². The number of benzene rings is 1. The largest absolute Gasteiger partial charge is 0.496 e. The summed E-state index contributed by atoms with van der Waals surface area (Å²) in [6, 6.07) is 6.12. The van der Waals surface area contributed by atoms with Crippen molar-refractivity contribution in [3.05, 3.63) is 23.8 Å². The van der Waals surface area contributed by atoms with Crippen LogP contribution in [0.3, 0.4) is 0 Å². The predicted molar refractivity (Wildman–Crippen MR) is 71.2 cm³/mol. The van der Waals surface area contributed by atoms with Gasteiger partial charge in [-0.1, -0.05) is 19.9 Å². The number of rotatable bonds is 5. The summed E-state index contributed by atoms with van der Waals surface area (Å²) in [6.45, 7) is 6.44. The lowest BCUT2D eigenvalue weighted by Crippen LogP contribution is -2.09. The lowest BCUT2D eigenvalue weighted by Gasteiger charge is -2.16. The van der Waals surface area contributed by atoms with Crippen molar-refractivity contribution < 1.29 is 4.74 Å². The molecular formula is C13H21NOS. The normalized spacial score (nSPS) is 12.9. The van der Waals surface area contributed by atoms with Gasteiger partial charge in [-0.2, -0.15) is 0 Å². The van der Waals surface area contributed by atoms with Crippen LogP contribution in [0, 0.1) is 5.92 Å². The minimum absolute atomic E-state index is 0.00538. The van der Waals surface area contributed by atoms with E-state index in [1.54, 1.807) is 7.11 Å². The van der Waals surface area contributed by atoms with Gasteiger partial charge in [0.25, 0.3) is 0 Å². The highest BCUT2D eigenvalue weighted by Crippen LogP contribution is 2.34. The van der Waals surface area contributed by atoms with Crippen LogP contribution in [-0.2, 0) is 0 Å². The standard InChI is InChI=1S/C13H21NOS/c1-9(2)8-16-12-7-5-6-11(15-4)13(12)10(3)14/h5-7,9-10H,8,14H2,1-4H3. The SMILES string of the molecule is COc1cccc(SCC(C)C)c1C(C)N. The molecule has 0 aromatic heterocycles. The van der Waals surface area contributed by atoms with Crippen molar-refractivity contribution in [2.24, 2.45) is 11.7 Å². The molecule has 0 aliphatic rings. The fourth-order valence-corrected chi connectivity index (χ4v) is 2.66. The van der Waals surface area contributed by atoms with Crippen LogP contribution in [0.15, 0.2) is 23.1 Å². The third kappa shape index (κ3) is 3.42. The van der Waals surface area contributed by atoms with E-state index in [9.17, 15) is 0 Å². The van der Waals surface area contributed by atoms with Crippen LogP contribution in [-0.4, -0.2) is 12.9 Å². The second-order valence-corrected chi connectivity index (χ2v) is 5.43. The number of methoxy groups -OCH3 is 1. The number of hydrogen-bond donors (Lipinski definition) is 1. The molecule has 0 saturated carbocycles. The van der Waals surface area contributed by atoms with E-state index in [1.165, 1.54) is 4.90 Å². The number of thioether (sulfide) groups is 1. The van der Waals surface area contributed by atoms with Gasteiger partial charge < -0.3 is 10.5 Å². The highest BCUT2D eigenvalue weighted by Gasteiger charge is 2.13. The second-order valence-electron chi connectivity index (χ2n) is 4.37. The molecule has 1 unspecified atom stereocenters. The zero-order chi connectivity index (χ0) is 12.1. The van der Waals surface area contributed by atoms with Crippen molar-refractivity contribution in [3.8, 4) is 5.75 Å². The molecule has 0 aliphatic carbocycles. The van der Waals surface area contributed by atoms with Crippen LogP contribution >= 0.6 is 11.8 Å². The van der Waals surface area contributed by atoms with Crippen LogP contribution in [0.2, 0.25) is 0 Å². The molecule has 2 nitrogen and oxygen atoms in total. The Labute approximate surface area is 103 Å². The first-order valence-corrected chi connectivity index (χ1v) is 6.60. The summed E-state index contributed by atoms with van der Waals surface area (Å²) < 4.78 is 5.36. The molecule has 2 N–H and O–H groups in total. The Morgan fingerprint density at radius 1 is 1.31 bits per heavy atom. The molecule has 0 heterocycles. The van der Waals surface area contributed by atoms with Gasteiger partial charge in [-0.3, -0.25) is 0 Å². The van der Waals surface area contributed by atoms with Crippen LogP contribution in [0.25, 0.3) is 0 Å². The highest BCUT2D eigenvalue weighted by molar-refractivity contribution is 7.99. The zero-order valence-electron chi connectivity index (χ0n) is 10.5. The third-order valence-corrected chi connectivity index (χ3v) is 3.77. The van der Waals surface area contributed by atoms with Gasteiger partial charge in [-0.05, 0) is 25.0 Å². The van der Waals surface area contributed by atoms with E-state index in [4.69, 9.17) is 10.5 Å². The third-order valence-electron chi connectivity index (χ3n) is 2.27. The van der Waals surface area contributed by atoms with Gasteiger partial charge in [-0.15, -0.1) is 11.8 Å². The number of ether oxygens (including phenoxy) is 1. The Balaban J connectivity index is 2.97. The molecule has 16 heavy (non-hydrogen) atoms. The second kappa shape index (κ2) is 6.16. The molecule has 0 fully saturated rings. The van der Waals surface area contributed by atoms with Gasteiger partial charge in [0.15, 0.2) is 0 Å². The van der Waals surface area contributed by atoms with Crippen LogP contribution in [0.1, 0.15) is 32.4 Å². The van der Waals surface area contributed by atoms with Gasteiger partial charge in [0.1, 0.15) is 5.75 Å². The van der Waals surface area contributed by atoms with Crippen LogP contribution in [0.4, 0.5) is 0 Å². The molecule has 0 radical (unpaired) electrons. The lowest BCUT2D eigenvalue weighted by molar-refractivity contribution is 0.405. The van der Waals surface area contributed by atoms with Crippen LogP contribution in [0.5, 0.6) is 5.75 Å². The predicted octanol–water partition coefficient (Wildman–Crippen LogP) is 3.46. The van der Waals surface area contributed by atoms with Gasteiger partial charge in [0.2, 0.25) is 0 Å². The molecule has 0 amide bonds. The molecule has 90 valence electrons. The first-order chi connectivity index (χ1) is 7.56. The maximum absolute atomic E-state index is 6.00. The van der Waals surface area contributed by atoms with E-state index in [0.717, 1.165) is 17.1 Å². The monoisotopic (exact) mass is 239 g/mol. The Hall–Kier alpha value is -0.670. The molecule has 1 aromatic rings. The van der Waals surface area contributed by atoms with E-state index in [-0.39, 0.29) is 6.04 Å². The van der Waals surface area contributed by atoms with Crippen molar-refractivity contribution in [2.45, 2.75) is 31.7 Å². The minimum atomic E-state index is 0.00538. The topological polar surface area (TPSA) is 35.2 Å². The molecule has 0 spiro atoms. The summed E-state index contributed by atoms with van der Waals surface area (Å²) >= 11 is 1.85. The van der Waals surface area contributed by atoms with E-state index in [1.807, 2.05) is 30.8 Å². The molecule has 1 atom stereocenters. The van der Waals surface area contributed by atoms with Crippen molar-refractivity contribution in [3.63, 3.8) is 0 Å². The Morgan fingerprint density at radius 2 is 2.00 bits per heavy atom. The van der Waals surface area contributed by atoms with E-state index < -0.39 is 0 Å². The molecule has 1 aromatic carbocycles. The van der Waals surface area contributed by atoms with Crippen LogP contribution < -0.4 is 10.5 Å². The molecule has 0 aliphatic heterocycles. The lowest BCUT2D eigenvalue weighted by atomic mass is 10.1. The summed E-state index contributed by atoms with van der Waals surface area (Å²) in [6.07, 6.45) is 0. The van der Waals surface area contributed by atoms with Gasteiger partial charge in [0.05, 0.1) is 7.11 Å². The number of nitrogens with two attached hydrogens (primary N) is 1. The highest BCUT2D eigenvalue weighted by atomic mass is 32.2. The summed E-state index contributed by atoms with van der Waals surface area (Å²) in [7, 11) is 1.69. The maximum Gasteiger partial charge on any atom is 0.124 e. The maximum atomic E-state index is 6.00. The molecule has 3 heteroatoms. The quantitative estimate of drug-likeness (QED) is 0.799. The molecule has 0 bridgehead atoms. The Kier molecular flexibility index (Phi) is 5.16. The van der Waals surface area contributed by atoms with Crippen molar-refractivity contribution in [1.82, 2.24) is 0 Å². The van der Waals surface area contributed by atoms with Gasteiger partial charge >= 0.3 is 0 Å². The van der Waals surface area contributed by atoms with E-state index in [0.29, 0.717) is 5.92 Å². The van der Waals surface area contributed by atoms with Crippen molar-refractivity contribution in [1.29, 1.82) is 0 Å². The minimum Gasteiger partial charge on any atom is -0.496 e. The molecule has 0 saturated heterocycles. The summed E-state index contributed by atoms with van der Waals surface area (Å²) in [5.74, 6) is 2.67. The number of hydrogen-bond acceptors (Lipinski definition) is 3. The average molecular weight is 239 g/mol. The summed E-state index contributed by atoms with van der Waals surface area (Å²) in [5.41, 5.74) is 7.12. The average Bonchev–Trinajstić information content (AvgIpc) is 2.25. The fourth-order valence-electron chi connectivity index (χ4n) is 1.53. The van der Waals surface area contributed by atoms with E-state index >= 15 is 0 Å². The molecular weight excluding hydrogens is 218 g/mol. The van der Waals surface area contributed by atoms with Crippen molar-refractivity contribution >= 4 is 11.8 Å². The van der Waals surface area contributed by atoms with E-state index in [2.05, 4.69) is 19.9 Å². The van der Waals surface area contributed by atoms with Crippen molar-refractivity contribution in [2.75, 3.05) is 12.9 Å². The summed E-state index contributed by atoms with van der Waals surface area (Å²) in [4.78, 5) is 1.24. The smallest absolute Gasteiger partial charge is 0.124 e. The first kappa shape index (κ1) is 13.4. The molecule has 1 rings (SSSR count). The fraction of sp³-hybridized carbons (Fsp3) is 0.538. The first-order valence-electron chi connectivity index (χ1n) is 5.61. The Morgan fingerprint density at radius 3 is 2.50 bits per heavy atom. The van der Waals surface area contributed by atoms with Gasteiger partial charge in [-0.25, -0.2) is 0 Å². The Bertz CT molecular complexity index is 337. The summed E-state index contributed by atoms with van der Waals surface area (Å²) in [5, 5.41) is 0.